The fourth-order valence-electron chi connectivity index (χ4n) is 3.11. The van der Waals surface area contributed by atoms with Gasteiger partial charge < -0.3 is 23.9 Å². The number of rotatable bonds is 7. The van der Waals surface area contributed by atoms with E-state index in [9.17, 15) is 4.79 Å². The summed E-state index contributed by atoms with van der Waals surface area (Å²) in [7, 11) is 6.42. The molecule has 3 rings (SSSR count). The van der Waals surface area contributed by atoms with E-state index in [1.807, 2.05) is 30.3 Å². The van der Waals surface area contributed by atoms with Crippen molar-refractivity contribution >= 4 is 11.6 Å². The third-order valence-electron chi connectivity index (χ3n) is 4.58. The third kappa shape index (κ3) is 4.03. The first-order valence-corrected chi connectivity index (χ1v) is 8.89. The van der Waals surface area contributed by atoms with Gasteiger partial charge in [-0.15, -0.1) is 0 Å². The summed E-state index contributed by atoms with van der Waals surface area (Å²) in [5.74, 6) is 1.43. The van der Waals surface area contributed by atoms with E-state index in [-0.39, 0.29) is 5.91 Å². The van der Waals surface area contributed by atoms with Crippen LogP contribution >= 0.6 is 0 Å². The Morgan fingerprint density at radius 2 is 1.75 bits per heavy atom. The van der Waals surface area contributed by atoms with Gasteiger partial charge in [-0.05, 0) is 17.7 Å². The Morgan fingerprint density at radius 3 is 2.32 bits per heavy atom. The number of ether oxygens (including phenoxy) is 3. The molecule has 1 amide bonds. The average molecular weight is 384 g/mol. The van der Waals surface area contributed by atoms with Gasteiger partial charge in [-0.2, -0.15) is 0 Å². The normalized spacial score (nSPS) is 15.4. The third-order valence-corrected chi connectivity index (χ3v) is 4.58. The number of carbonyl (C=O) groups excluding carboxylic acids is 1. The molecule has 2 aromatic carbocycles. The lowest BCUT2D eigenvalue weighted by atomic mass is 10.0. The Labute approximate surface area is 164 Å². The number of oxime groups is 1. The number of likely N-dealkylation sites (N-methyl/N-ethyl adjacent to an activating group) is 1. The molecule has 28 heavy (non-hydrogen) atoms. The van der Waals surface area contributed by atoms with E-state index >= 15 is 0 Å². The van der Waals surface area contributed by atoms with Gasteiger partial charge in [0, 0.05) is 25.6 Å². The summed E-state index contributed by atoms with van der Waals surface area (Å²) in [5, 5.41) is 4.12. The fourth-order valence-corrected chi connectivity index (χ4v) is 3.11. The molecule has 0 aromatic heterocycles. The van der Waals surface area contributed by atoms with Crippen LogP contribution in [0.25, 0.3) is 0 Å². The predicted molar refractivity (Wildman–Crippen MR) is 105 cm³/mol. The zero-order chi connectivity index (χ0) is 20.1. The first kappa shape index (κ1) is 19.5. The van der Waals surface area contributed by atoms with E-state index in [0.717, 1.165) is 11.1 Å². The smallest absolute Gasteiger partial charge is 0.266 e. The maximum absolute atomic E-state index is 12.7. The molecular weight excluding hydrogens is 360 g/mol. The van der Waals surface area contributed by atoms with Crippen molar-refractivity contribution in [1.29, 1.82) is 0 Å². The van der Waals surface area contributed by atoms with Gasteiger partial charge in [0.1, 0.15) is 0 Å². The lowest BCUT2D eigenvalue weighted by molar-refractivity contribution is -0.141. The summed E-state index contributed by atoms with van der Waals surface area (Å²) in [6.45, 7) is 0.513. The molecule has 0 unspecified atom stereocenters. The first-order chi connectivity index (χ1) is 13.6. The van der Waals surface area contributed by atoms with Crippen LogP contribution in [-0.4, -0.2) is 51.0 Å². The van der Waals surface area contributed by atoms with Gasteiger partial charge >= 0.3 is 0 Å². The minimum absolute atomic E-state index is 0.116. The molecule has 0 saturated heterocycles. The second-order valence-corrected chi connectivity index (χ2v) is 6.43. The Hall–Kier alpha value is -3.22. The Kier molecular flexibility index (Phi) is 6.03. The lowest BCUT2D eigenvalue weighted by Gasteiger charge is -2.20. The molecule has 0 fully saturated rings. The van der Waals surface area contributed by atoms with Gasteiger partial charge in [0.25, 0.3) is 5.91 Å². The van der Waals surface area contributed by atoms with Crippen molar-refractivity contribution in [3.63, 3.8) is 0 Å². The molecule has 0 saturated carbocycles. The van der Waals surface area contributed by atoms with Crippen LogP contribution in [0.2, 0.25) is 0 Å². The summed E-state index contributed by atoms with van der Waals surface area (Å²) in [5.41, 5.74) is 2.48. The van der Waals surface area contributed by atoms with E-state index < -0.39 is 6.10 Å². The van der Waals surface area contributed by atoms with Crippen molar-refractivity contribution in [2.75, 3.05) is 28.4 Å². The number of hydrogen-bond donors (Lipinski definition) is 0. The summed E-state index contributed by atoms with van der Waals surface area (Å²) in [4.78, 5) is 19.8. The maximum atomic E-state index is 12.7. The van der Waals surface area contributed by atoms with Crippen molar-refractivity contribution in [3.05, 3.63) is 53.6 Å². The van der Waals surface area contributed by atoms with E-state index in [2.05, 4.69) is 5.16 Å². The molecule has 148 valence electrons. The number of carbonyl (C=O) groups is 1. The van der Waals surface area contributed by atoms with Gasteiger partial charge in [-0.1, -0.05) is 35.5 Å². The van der Waals surface area contributed by atoms with Gasteiger partial charge in [0.05, 0.1) is 27.0 Å². The van der Waals surface area contributed by atoms with Crippen LogP contribution in [0.15, 0.2) is 47.6 Å². The molecule has 1 heterocycles. The van der Waals surface area contributed by atoms with E-state index in [1.165, 1.54) is 0 Å². The standard InChI is InChI=1S/C21H24N2O5/c1-23(13-14-8-6-5-7-9-14)21(24)19-12-16(22-28-19)15-10-17(25-2)20(27-4)18(11-15)26-3/h5-11,19H,12-13H2,1-4H3/t19-/m0/s1. The second-order valence-electron chi connectivity index (χ2n) is 6.43. The van der Waals surface area contributed by atoms with Crippen molar-refractivity contribution in [3.8, 4) is 17.2 Å². The number of nitrogens with zero attached hydrogens (tertiary/aromatic N) is 2. The lowest BCUT2D eigenvalue weighted by Crippen LogP contribution is -2.36. The highest BCUT2D eigenvalue weighted by molar-refractivity contribution is 6.04. The molecule has 1 aliphatic heterocycles. The van der Waals surface area contributed by atoms with E-state index in [0.29, 0.717) is 35.9 Å². The molecule has 0 radical (unpaired) electrons. The van der Waals surface area contributed by atoms with Crippen LogP contribution in [0.3, 0.4) is 0 Å². The van der Waals surface area contributed by atoms with E-state index in [1.54, 1.807) is 45.4 Å². The molecule has 0 spiro atoms. The number of methoxy groups -OCH3 is 3. The number of hydrogen-bond acceptors (Lipinski definition) is 6. The number of amides is 1. The monoisotopic (exact) mass is 384 g/mol. The fraction of sp³-hybridized carbons (Fsp3) is 0.333. The van der Waals surface area contributed by atoms with Crippen molar-refractivity contribution in [2.45, 2.75) is 19.1 Å². The van der Waals surface area contributed by atoms with Crippen LogP contribution in [0, 0.1) is 0 Å². The summed E-state index contributed by atoms with van der Waals surface area (Å²) in [6, 6.07) is 13.4. The molecule has 2 aromatic rings. The topological polar surface area (TPSA) is 69.6 Å². The SMILES string of the molecule is COc1cc(C2=NO[C@H](C(=O)N(C)Cc3ccccc3)C2)cc(OC)c1OC. The second kappa shape index (κ2) is 8.65. The molecule has 7 nitrogen and oxygen atoms in total. The molecule has 0 bridgehead atoms. The van der Waals surface area contributed by atoms with Gasteiger partial charge in [-0.3, -0.25) is 4.79 Å². The quantitative estimate of drug-likeness (QED) is 0.734. The Bertz CT molecular complexity index is 841. The largest absolute Gasteiger partial charge is 0.493 e. The first-order valence-electron chi connectivity index (χ1n) is 8.89. The highest BCUT2D eigenvalue weighted by atomic mass is 16.6. The maximum Gasteiger partial charge on any atom is 0.266 e. The highest BCUT2D eigenvalue weighted by Gasteiger charge is 2.32. The predicted octanol–water partition coefficient (Wildman–Crippen LogP) is 2.86. The molecule has 1 aliphatic rings. The zero-order valence-electron chi connectivity index (χ0n) is 16.5. The van der Waals surface area contributed by atoms with E-state index in [4.69, 9.17) is 19.0 Å². The summed E-state index contributed by atoms with van der Waals surface area (Å²) >= 11 is 0. The summed E-state index contributed by atoms with van der Waals surface area (Å²) in [6.07, 6.45) is -0.279. The zero-order valence-corrected chi connectivity index (χ0v) is 16.5. The minimum Gasteiger partial charge on any atom is -0.493 e. The van der Waals surface area contributed by atoms with Crippen LogP contribution in [0.4, 0.5) is 0 Å². The van der Waals surface area contributed by atoms with Crippen molar-refractivity contribution < 1.29 is 23.8 Å². The van der Waals surface area contributed by atoms with Crippen molar-refractivity contribution in [1.82, 2.24) is 4.90 Å². The molecule has 1 atom stereocenters. The minimum atomic E-state index is -0.650. The Morgan fingerprint density at radius 1 is 1.11 bits per heavy atom. The molecule has 0 aliphatic carbocycles. The van der Waals surface area contributed by atoms with Crippen LogP contribution in [-0.2, 0) is 16.2 Å². The van der Waals surface area contributed by atoms with Crippen LogP contribution < -0.4 is 14.2 Å². The van der Waals surface area contributed by atoms with Crippen LogP contribution in [0.1, 0.15) is 17.5 Å². The van der Waals surface area contributed by atoms with Crippen LogP contribution in [0.5, 0.6) is 17.2 Å². The van der Waals surface area contributed by atoms with Gasteiger partial charge in [-0.25, -0.2) is 0 Å². The van der Waals surface area contributed by atoms with Gasteiger partial charge in [0.2, 0.25) is 11.9 Å². The Balaban J connectivity index is 1.71. The highest BCUT2D eigenvalue weighted by Crippen LogP contribution is 2.39. The molecular formula is C21H24N2O5. The van der Waals surface area contributed by atoms with Crippen molar-refractivity contribution in [2.24, 2.45) is 5.16 Å². The average Bonchev–Trinajstić information content (AvgIpc) is 3.22. The molecule has 7 heteroatoms. The van der Waals surface area contributed by atoms with Gasteiger partial charge in [0.15, 0.2) is 11.5 Å². The summed E-state index contributed by atoms with van der Waals surface area (Å²) < 4.78 is 16.1. The number of benzene rings is 2. The molecule has 0 N–H and O–H groups in total.